The first kappa shape index (κ1) is 19.3. The molecule has 3 fully saturated rings. The van der Waals surface area contributed by atoms with Crippen molar-refractivity contribution in [2.24, 2.45) is 10.9 Å². The third-order valence-electron chi connectivity index (χ3n) is 6.45. The number of amides is 1. The van der Waals surface area contributed by atoms with E-state index in [1.165, 1.54) is 24.8 Å². The smallest absolute Gasteiger partial charge is 0.225 e. The van der Waals surface area contributed by atoms with Gasteiger partial charge in [0.2, 0.25) is 5.91 Å². The molecule has 1 heterocycles. The van der Waals surface area contributed by atoms with Crippen LogP contribution in [0, 0.1) is 5.92 Å². The fraction of sp³-hybridized carbons (Fsp3) is 0.652. The molecule has 3 atom stereocenters. The van der Waals surface area contributed by atoms with Gasteiger partial charge >= 0.3 is 0 Å². The molecule has 0 radical (unpaired) electrons. The molecule has 4 rings (SSSR count). The lowest BCUT2D eigenvalue weighted by Gasteiger charge is -2.26. The molecule has 2 aliphatic carbocycles. The van der Waals surface area contributed by atoms with E-state index in [1.54, 1.807) is 0 Å². The fourth-order valence-electron chi connectivity index (χ4n) is 4.77. The summed E-state index contributed by atoms with van der Waals surface area (Å²) in [5.41, 5.74) is 1.40. The van der Waals surface area contributed by atoms with Crippen LogP contribution in [0.1, 0.15) is 63.4 Å². The molecule has 0 aromatic heterocycles. The Labute approximate surface area is 169 Å². The van der Waals surface area contributed by atoms with E-state index < -0.39 is 0 Å². The number of hydrogen-bond donors (Lipinski definition) is 2. The Morgan fingerprint density at radius 2 is 1.89 bits per heavy atom. The molecule has 0 spiro atoms. The molecule has 5 nitrogen and oxygen atoms in total. The Morgan fingerprint density at radius 3 is 2.64 bits per heavy atom. The fourth-order valence-corrected chi connectivity index (χ4v) is 4.77. The molecule has 3 aliphatic rings. The molecule has 152 valence electrons. The molecular formula is C23H34N4O. The Kier molecular flexibility index (Phi) is 6.18. The van der Waals surface area contributed by atoms with Crippen LogP contribution in [0.3, 0.4) is 0 Å². The molecule has 1 amide bonds. The second kappa shape index (κ2) is 8.97. The minimum Gasteiger partial charge on any atom is -0.353 e. The second-order valence-corrected chi connectivity index (χ2v) is 8.58. The van der Waals surface area contributed by atoms with Crippen molar-refractivity contribution in [3.63, 3.8) is 0 Å². The van der Waals surface area contributed by atoms with E-state index in [1.807, 2.05) is 0 Å². The van der Waals surface area contributed by atoms with Gasteiger partial charge in [-0.05, 0) is 38.2 Å². The lowest BCUT2D eigenvalue weighted by molar-refractivity contribution is -0.135. The van der Waals surface area contributed by atoms with Crippen LogP contribution in [0.5, 0.6) is 0 Å². The van der Waals surface area contributed by atoms with E-state index in [9.17, 15) is 4.79 Å². The Balaban J connectivity index is 1.27. The van der Waals surface area contributed by atoms with Crippen molar-refractivity contribution < 1.29 is 4.79 Å². The predicted octanol–water partition coefficient (Wildman–Crippen LogP) is 3.28. The highest BCUT2D eigenvalue weighted by Crippen LogP contribution is 2.40. The highest BCUT2D eigenvalue weighted by molar-refractivity contribution is 5.82. The summed E-state index contributed by atoms with van der Waals surface area (Å²) in [6.45, 7) is 4.52. The average molecular weight is 383 g/mol. The van der Waals surface area contributed by atoms with Crippen LogP contribution < -0.4 is 10.6 Å². The lowest BCUT2D eigenvalue weighted by atomic mass is 9.88. The van der Waals surface area contributed by atoms with Crippen molar-refractivity contribution >= 4 is 11.9 Å². The van der Waals surface area contributed by atoms with Crippen LogP contribution >= 0.6 is 0 Å². The van der Waals surface area contributed by atoms with Gasteiger partial charge in [0.25, 0.3) is 0 Å². The largest absolute Gasteiger partial charge is 0.353 e. The van der Waals surface area contributed by atoms with E-state index in [-0.39, 0.29) is 5.92 Å². The van der Waals surface area contributed by atoms with Gasteiger partial charge in [0.1, 0.15) is 0 Å². The molecule has 1 aliphatic heterocycles. The number of nitrogens with one attached hydrogen (secondary N) is 2. The van der Waals surface area contributed by atoms with Crippen molar-refractivity contribution in [1.82, 2.24) is 15.5 Å². The summed E-state index contributed by atoms with van der Waals surface area (Å²) >= 11 is 0. The van der Waals surface area contributed by atoms with Crippen molar-refractivity contribution in [1.29, 1.82) is 0 Å². The van der Waals surface area contributed by atoms with Crippen molar-refractivity contribution in [2.75, 3.05) is 19.6 Å². The van der Waals surface area contributed by atoms with E-state index in [0.29, 0.717) is 23.9 Å². The third-order valence-corrected chi connectivity index (χ3v) is 6.45. The normalized spacial score (nSPS) is 28.2. The molecule has 28 heavy (non-hydrogen) atoms. The minimum absolute atomic E-state index is 0.271. The highest BCUT2D eigenvalue weighted by Gasteiger charge is 2.39. The van der Waals surface area contributed by atoms with Gasteiger partial charge < -0.3 is 15.5 Å². The number of benzene rings is 1. The summed E-state index contributed by atoms with van der Waals surface area (Å²) in [5.74, 6) is 2.14. The van der Waals surface area contributed by atoms with E-state index in [2.05, 4.69) is 57.8 Å². The zero-order valence-corrected chi connectivity index (χ0v) is 17.1. The second-order valence-electron chi connectivity index (χ2n) is 8.58. The zero-order chi connectivity index (χ0) is 19.3. The summed E-state index contributed by atoms with van der Waals surface area (Å²) in [6.07, 6.45) is 8.06. The van der Waals surface area contributed by atoms with Gasteiger partial charge in [-0.1, -0.05) is 49.6 Å². The topological polar surface area (TPSA) is 56.7 Å². The standard InChI is InChI=1S/C23H34N4O/c1-2-24-23(26-21-15-20(21)17-9-5-3-6-10-17)25-19-13-14-27(16-19)22(28)18-11-7-4-8-12-18/h3,5-6,9-10,18-21H,2,4,7-8,11-16H2,1H3,(H2,24,25,26). The van der Waals surface area contributed by atoms with Crippen LogP contribution in [0.25, 0.3) is 0 Å². The minimum atomic E-state index is 0.271. The van der Waals surface area contributed by atoms with Crippen LogP contribution in [-0.2, 0) is 4.79 Å². The van der Waals surface area contributed by atoms with Gasteiger partial charge in [-0.3, -0.25) is 9.79 Å². The maximum atomic E-state index is 12.8. The number of carbonyl (C=O) groups is 1. The molecule has 2 saturated carbocycles. The lowest BCUT2D eigenvalue weighted by Crippen LogP contribution is -2.46. The van der Waals surface area contributed by atoms with Gasteiger partial charge in [-0.2, -0.15) is 0 Å². The monoisotopic (exact) mass is 382 g/mol. The third kappa shape index (κ3) is 4.68. The molecule has 1 saturated heterocycles. The van der Waals surface area contributed by atoms with Gasteiger partial charge in [0.15, 0.2) is 5.96 Å². The van der Waals surface area contributed by atoms with Gasteiger partial charge in [-0.15, -0.1) is 0 Å². The predicted molar refractivity (Wildman–Crippen MR) is 113 cm³/mol. The average Bonchev–Trinajstić information content (AvgIpc) is 3.35. The first-order chi connectivity index (χ1) is 13.7. The summed E-state index contributed by atoms with van der Waals surface area (Å²) in [4.78, 5) is 19.5. The zero-order valence-electron chi connectivity index (χ0n) is 17.1. The first-order valence-electron chi connectivity index (χ1n) is 11.2. The molecule has 0 bridgehead atoms. The number of aliphatic imine (C=N–C) groups is 1. The number of guanidine groups is 1. The van der Waals surface area contributed by atoms with Crippen molar-refractivity contribution in [2.45, 2.75) is 69.9 Å². The highest BCUT2D eigenvalue weighted by atomic mass is 16.2. The summed E-state index contributed by atoms with van der Waals surface area (Å²) in [5, 5.41) is 7.20. The molecule has 1 aromatic rings. The Morgan fingerprint density at radius 1 is 1.11 bits per heavy atom. The summed E-state index contributed by atoms with van der Waals surface area (Å²) in [6, 6.07) is 11.5. The van der Waals surface area contributed by atoms with Crippen molar-refractivity contribution in [3.05, 3.63) is 35.9 Å². The number of nitrogens with zero attached hydrogens (tertiary/aromatic N) is 2. The molecule has 5 heteroatoms. The summed E-state index contributed by atoms with van der Waals surface area (Å²) in [7, 11) is 0. The molecular weight excluding hydrogens is 348 g/mol. The quantitative estimate of drug-likeness (QED) is 0.607. The molecule has 1 aromatic carbocycles. The summed E-state index contributed by atoms with van der Waals surface area (Å²) < 4.78 is 0. The van der Waals surface area contributed by atoms with Crippen LogP contribution in [0.4, 0.5) is 0 Å². The van der Waals surface area contributed by atoms with E-state index >= 15 is 0 Å². The Bertz CT molecular complexity index is 683. The van der Waals surface area contributed by atoms with Gasteiger partial charge in [-0.25, -0.2) is 0 Å². The van der Waals surface area contributed by atoms with Crippen LogP contribution in [0.15, 0.2) is 35.3 Å². The van der Waals surface area contributed by atoms with Gasteiger partial charge in [0.05, 0.1) is 0 Å². The Hall–Kier alpha value is -2.04. The first-order valence-corrected chi connectivity index (χ1v) is 11.2. The van der Waals surface area contributed by atoms with E-state index in [4.69, 9.17) is 0 Å². The van der Waals surface area contributed by atoms with Gasteiger partial charge in [0, 0.05) is 43.6 Å². The number of carbonyl (C=O) groups excluding carboxylic acids is 1. The van der Waals surface area contributed by atoms with Crippen LogP contribution in [0.2, 0.25) is 0 Å². The number of hydrogen-bond acceptors (Lipinski definition) is 2. The number of rotatable bonds is 5. The van der Waals surface area contributed by atoms with E-state index in [0.717, 1.165) is 51.3 Å². The van der Waals surface area contributed by atoms with Crippen LogP contribution in [-0.4, -0.2) is 48.5 Å². The molecule has 2 N–H and O–H groups in total. The SMILES string of the molecule is CCN=C(NC1CCN(C(=O)C2CCCCC2)C1)NC1CC1c1ccccc1. The van der Waals surface area contributed by atoms with Crippen molar-refractivity contribution in [3.8, 4) is 0 Å². The maximum absolute atomic E-state index is 12.8. The maximum Gasteiger partial charge on any atom is 0.225 e. The molecule has 3 unspecified atom stereocenters. The number of likely N-dealkylation sites (tertiary alicyclic amines) is 1.